The van der Waals surface area contributed by atoms with Gasteiger partial charge in [0.05, 0.1) is 25.4 Å². The molecule has 0 spiro atoms. The number of aliphatic hydroxyl groups excluding tert-OH is 2. The van der Waals surface area contributed by atoms with E-state index < -0.39 is 12.1 Å². The molecule has 6 nitrogen and oxygen atoms in total. The zero-order chi connectivity index (χ0) is 47.9. The van der Waals surface area contributed by atoms with Gasteiger partial charge < -0.3 is 20.3 Å². The number of carbonyl (C=O) groups excluding carboxylic acids is 2. The first-order valence-corrected chi connectivity index (χ1v) is 30.0. The summed E-state index contributed by atoms with van der Waals surface area (Å²) in [7, 11) is 0. The smallest absolute Gasteiger partial charge is 0.305 e. The predicted octanol–water partition coefficient (Wildman–Crippen LogP) is 18.5. The van der Waals surface area contributed by atoms with Crippen LogP contribution in [0.1, 0.15) is 335 Å². The van der Waals surface area contributed by atoms with E-state index in [1.807, 2.05) is 6.08 Å². The Bertz CT molecular complexity index is 986. The highest BCUT2D eigenvalue weighted by molar-refractivity contribution is 5.76. The van der Waals surface area contributed by atoms with Gasteiger partial charge in [0.15, 0.2) is 0 Å². The zero-order valence-corrected chi connectivity index (χ0v) is 44.7. The standard InChI is InChI=1S/C60H117NO5/c1-3-5-7-9-11-13-15-17-19-26-30-34-38-42-46-50-54-60(65)66-55-51-47-43-39-35-31-27-24-22-20-21-23-25-29-33-37-41-45-49-53-59(64)61-57(56-62)58(63)52-48-44-40-36-32-28-18-16-14-12-10-8-6-4-2/h48,52,57-58,62-63H,3-47,49-51,53-56H2,1-2H3,(H,61,64)/b52-48+. The Hall–Kier alpha value is -1.40. The van der Waals surface area contributed by atoms with Crippen LogP contribution in [-0.2, 0) is 14.3 Å². The second kappa shape index (κ2) is 56.2. The molecule has 0 saturated heterocycles. The molecule has 2 unspecified atom stereocenters. The van der Waals surface area contributed by atoms with Crippen LogP contribution in [-0.4, -0.2) is 47.4 Å². The zero-order valence-electron chi connectivity index (χ0n) is 44.7. The van der Waals surface area contributed by atoms with Crippen LogP contribution in [0.5, 0.6) is 0 Å². The fourth-order valence-corrected chi connectivity index (χ4v) is 9.46. The van der Waals surface area contributed by atoms with E-state index in [1.54, 1.807) is 6.08 Å². The lowest BCUT2D eigenvalue weighted by atomic mass is 10.0. The normalized spacial score (nSPS) is 12.6. The number of unbranched alkanes of at least 4 members (excludes halogenated alkanes) is 45. The molecule has 0 rings (SSSR count). The molecule has 0 fully saturated rings. The summed E-state index contributed by atoms with van der Waals surface area (Å²) >= 11 is 0. The number of esters is 1. The maximum absolute atomic E-state index is 12.4. The van der Waals surface area contributed by atoms with Crippen LogP contribution < -0.4 is 5.32 Å². The number of ether oxygens (including phenoxy) is 1. The lowest BCUT2D eigenvalue weighted by molar-refractivity contribution is -0.143. The summed E-state index contributed by atoms with van der Waals surface area (Å²) in [5.41, 5.74) is 0. The van der Waals surface area contributed by atoms with Gasteiger partial charge in [0, 0.05) is 12.8 Å². The van der Waals surface area contributed by atoms with Crippen molar-refractivity contribution in [3.05, 3.63) is 12.2 Å². The summed E-state index contributed by atoms with van der Waals surface area (Å²) in [6.45, 7) is 4.92. The molecule has 0 aliphatic rings. The second-order valence-corrected chi connectivity index (χ2v) is 20.7. The molecule has 0 saturated carbocycles. The Kier molecular flexibility index (Phi) is 55.0. The summed E-state index contributed by atoms with van der Waals surface area (Å²) in [5.74, 6) is -0.0568. The number of hydrogen-bond acceptors (Lipinski definition) is 5. The largest absolute Gasteiger partial charge is 0.466 e. The molecular weight excluding hydrogens is 815 g/mol. The first-order chi connectivity index (χ1) is 32.5. The molecular formula is C60H117NO5. The number of rotatable bonds is 56. The van der Waals surface area contributed by atoms with Crippen molar-refractivity contribution in [3.8, 4) is 0 Å². The van der Waals surface area contributed by atoms with Crippen LogP contribution in [0.3, 0.4) is 0 Å². The molecule has 3 N–H and O–H groups in total. The minimum Gasteiger partial charge on any atom is -0.466 e. The van der Waals surface area contributed by atoms with Gasteiger partial charge in [0.1, 0.15) is 0 Å². The van der Waals surface area contributed by atoms with Crippen molar-refractivity contribution in [1.29, 1.82) is 0 Å². The molecule has 0 aliphatic carbocycles. The molecule has 1 amide bonds. The van der Waals surface area contributed by atoms with Crippen LogP contribution in [0.4, 0.5) is 0 Å². The van der Waals surface area contributed by atoms with E-state index in [0.29, 0.717) is 19.4 Å². The topological polar surface area (TPSA) is 95.9 Å². The molecule has 0 bridgehead atoms. The number of allylic oxidation sites excluding steroid dienone is 1. The van der Waals surface area contributed by atoms with Crippen LogP contribution >= 0.6 is 0 Å². The van der Waals surface area contributed by atoms with Crippen LogP contribution in [0.2, 0.25) is 0 Å². The van der Waals surface area contributed by atoms with E-state index in [2.05, 4.69) is 19.2 Å². The summed E-state index contributed by atoms with van der Waals surface area (Å²) in [5, 5.41) is 23.1. The average Bonchev–Trinajstić information content (AvgIpc) is 3.32. The van der Waals surface area contributed by atoms with E-state index >= 15 is 0 Å². The number of carbonyl (C=O) groups is 2. The van der Waals surface area contributed by atoms with Crippen molar-refractivity contribution in [2.75, 3.05) is 13.2 Å². The molecule has 0 heterocycles. The fraction of sp³-hybridized carbons (Fsp3) is 0.933. The van der Waals surface area contributed by atoms with Crippen LogP contribution in [0, 0.1) is 0 Å². The number of nitrogens with one attached hydrogen (secondary N) is 1. The van der Waals surface area contributed by atoms with Gasteiger partial charge in [-0.2, -0.15) is 0 Å². The van der Waals surface area contributed by atoms with Crippen LogP contribution in [0.15, 0.2) is 12.2 Å². The molecule has 0 aliphatic heterocycles. The Labute approximate surface area is 412 Å². The third kappa shape index (κ3) is 52.0. The van der Waals surface area contributed by atoms with E-state index in [4.69, 9.17) is 4.74 Å². The summed E-state index contributed by atoms with van der Waals surface area (Å²) in [4.78, 5) is 24.5. The maximum atomic E-state index is 12.4. The molecule has 0 aromatic carbocycles. The molecule has 0 radical (unpaired) electrons. The van der Waals surface area contributed by atoms with Crippen molar-refractivity contribution in [3.63, 3.8) is 0 Å². The average molecular weight is 933 g/mol. The Morgan fingerprint density at radius 1 is 0.409 bits per heavy atom. The molecule has 392 valence electrons. The Morgan fingerprint density at radius 2 is 0.697 bits per heavy atom. The van der Waals surface area contributed by atoms with Gasteiger partial charge in [0.2, 0.25) is 5.91 Å². The van der Waals surface area contributed by atoms with Crippen molar-refractivity contribution in [2.24, 2.45) is 0 Å². The van der Waals surface area contributed by atoms with Crippen molar-refractivity contribution < 1.29 is 24.5 Å². The van der Waals surface area contributed by atoms with E-state index in [9.17, 15) is 19.8 Å². The minimum atomic E-state index is -0.845. The van der Waals surface area contributed by atoms with Gasteiger partial charge in [-0.25, -0.2) is 0 Å². The first-order valence-electron chi connectivity index (χ1n) is 30.0. The quantitative estimate of drug-likeness (QED) is 0.0321. The number of aliphatic hydroxyl groups is 2. The van der Waals surface area contributed by atoms with Gasteiger partial charge in [-0.1, -0.05) is 302 Å². The maximum Gasteiger partial charge on any atom is 0.305 e. The van der Waals surface area contributed by atoms with Gasteiger partial charge in [-0.3, -0.25) is 9.59 Å². The van der Waals surface area contributed by atoms with Crippen molar-refractivity contribution in [2.45, 2.75) is 347 Å². The SMILES string of the molecule is CCCCCCCCCCCCCC/C=C/C(O)C(CO)NC(=O)CCCCCCCCCCCCCCCCCCCCCOC(=O)CCCCCCCCCCCCCCCCCC. The third-order valence-electron chi connectivity index (χ3n) is 14.1. The first kappa shape index (κ1) is 64.6. The predicted molar refractivity (Wildman–Crippen MR) is 287 cm³/mol. The Morgan fingerprint density at radius 3 is 1.03 bits per heavy atom. The molecule has 66 heavy (non-hydrogen) atoms. The van der Waals surface area contributed by atoms with Crippen molar-refractivity contribution in [1.82, 2.24) is 5.32 Å². The van der Waals surface area contributed by atoms with Gasteiger partial charge >= 0.3 is 5.97 Å². The van der Waals surface area contributed by atoms with E-state index in [-0.39, 0.29) is 18.5 Å². The summed E-state index contributed by atoms with van der Waals surface area (Å²) < 4.78 is 5.49. The fourth-order valence-electron chi connectivity index (χ4n) is 9.46. The van der Waals surface area contributed by atoms with Gasteiger partial charge in [-0.05, 0) is 32.1 Å². The molecule has 0 aromatic heterocycles. The number of amides is 1. The third-order valence-corrected chi connectivity index (χ3v) is 14.1. The number of hydrogen-bond donors (Lipinski definition) is 3. The molecule has 6 heteroatoms. The monoisotopic (exact) mass is 932 g/mol. The highest BCUT2D eigenvalue weighted by atomic mass is 16.5. The molecule has 0 aromatic rings. The van der Waals surface area contributed by atoms with Gasteiger partial charge in [-0.15, -0.1) is 0 Å². The Balaban J connectivity index is 3.39. The van der Waals surface area contributed by atoms with Crippen LogP contribution in [0.25, 0.3) is 0 Å². The lowest BCUT2D eigenvalue weighted by Crippen LogP contribution is -2.45. The van der Waals surface area contributed by atoms with E-state index in [1.165, 1.54) is 270 Å². The van der Waals surface area contributed by atoms with Gasteiger partial charge in [0.25, 0.3) is 0 Å². The molecule has 2 atom stereocenters. The highest BCUT2D eigenvalue weighted by Crippen LogP contribution is 2.18. The summed E-state index contributed by atoms with van der Waals surface area (Å²) in [6, 6.07) is -0.628. The highest BCUT2D eigenvalue weighted by Gasteiger charge is 2.18. The lowest BCUT2D eigenvalue weighted by Gasteiger charge is -2.20. The summed E-state index contributed by atoms with van der Waals surface area (Å²) in [6.07, 6.45) is 66.7. The van der Waals surface area contributed by atoms with E-state index in [0.717, 1.165) is 38.5 Å². The second-order valence-electron chi connectivity index (χ2n) is 20.7. The minimum absolute atomic E-state index is 0.0123. The van der Waals surface area contributed by atoms with Crippen molar-refractivity contribution >= 4 is 11.9 Å².